The van der Waals surface area contributed by atoms with Gasteiger partial charge >= 0.3 is 0 Å². The van der Waals surface area contributed by atoms with E-state index in [2.05, 4.69) is 12.2 Å². The second-order valence-corrected chi connectivity index (χ2v) is 4.04. The predicted octanol–water partition coefficient (Wildman–Crippen LogP) is 0.898. The van der Waals surface area contributed by atoms with Crippen LogP contribution in [0.4, 0.5) is 0 Å². The van der Waals surface area contributed by atoms with Crippen LogP contribution in [-0.4, -0.2) is 23.3 Å². The van der Waals surface area contributed by atoms with E-state index in [1.54, 1.807) is 0 Å². The van der Waals surface area contributed by atoms with Crippen LogP contribution >= 0.6 is 0 Å². The molecule has 2 aliphatic carbocycles. The smallest absolute Gasteiger partial charge is 0.0693 e. The van der Waals surface area contributed by atoms with Crippen molar-refractivity contribution < 1.29 is 5.11 Å². The average molecular weight is 155 g/mol. The van der Waals surface area contributed by atoms with Gasteiger partial charge in [-0.05, 0) is 38.5 Å². The number of nitrogens with one attached hydrogen (secondary N) is 1. The molecule has 0 heterocycles. The van der Waals surface area contributed by atoms with E-state index in [0.717, 1.165) is 18.8 Å². The molecule has 2 N–H and O–H groups in total. The lowest BCUT2D eigenvalue weighted by molar-refractivity contribution is 0.0436. The van der Waals surface area contributed by atoms with E-state index in [1.165, 1.54) is 12.8 Å². The first-order valence-electron chi connectivity index (χ1n) is 4.71. The summed E-state index contributed by atoms with van der Waals surface area (Å²) in [5, 5.41) is 12.8. The summed E-state index contributed by atoms with van der Waals surface area (Å²) in [5.74, 6) is 0.905. The highest BCUT2D eigenvalue weighted by molar-refractivity contribution is 4.92. The monoisotopic (exact) mass is 155 g/mol. The van der Waals surface area contributed by atoms with Gasteiger partial charge in [0.1, 0.15) is 0 Å². The van der Waals surface area contributed by atoms with Crippen molar-refractivity contribution in [2.24, 2.45) is 5.92 Å². The van der Waals surface area contributed by atoms with Gasteiger partial charge in [0.2, 0.25) is 0 Å². The number of rotatable bonds is 3. The molecule has 0 spiro atoms. The highest BCUT2D eigenvalue weighted by Crippen LogP contribution is 2.33. The van der Waals surface area contributed by atoms with Crippen molar-refractivity contribution in [1.29, 1.82) is 0 Å². The first-order chi connectivity index (χ1) is 5.27. The standard InChI is InChI=1S/C9H17NO/c1-6(7-2-3-7)10-8-4-5-9(8)11/h6-11H,2-5H2,1H3/t6?,8-,9-/m1/s1. The maximum atomic E-state index is 9.30. The first kappa shape index (κ1) is 7.56. The molecule has 11 heavy (non-hydrogen) atoms. The van der Waals surface area contributed by atoms with Crippen LogP contribution < -0.4 is 5.32 Å². The fourth-order valence-electron chi connectivity index (χ4n) is 1.75. The van der Waals surface area contributed by atoms with Gasteiger partial charge in [0.15, 0.2) is 0 Å². The van der Waals surface area contributed by atoms with Crippen LogP contribution in [0.2, 0.25) is 0 Å². The van der Waals surface area contributed by atoms with Crippen molar-refractivity contribution in [2.75, 3.05) is 0 Å². The van der Waals surface area contributed by atoms with Crippen LogP contribution in [-0.2, 0) is 0 Å². The molecule has 2 heteroatoms. The summed E-state index contributed by atoms with van der Waals surface area (Å²) in [4.78, 5) is 0. The normalized spacial score (nSPS) is 39.8. The molecule has 1 unspecified atom stereocenters. The van der Waals surface area contributed by atoms with E-state index in [1.807, 2.05) is 0 Å². The van der Waals surface area contributed by atoms with E-state index < -0.39 is 0 Å². The topological polar surface area (TPSA) is 32.3 Å². The van der Waals surface area contributed by atoms with Crippen molar-refractivity contribution in [3.05, 3.63) is 0 Å². The Hall–Kier alpha value is -0.0800. The first-order valence-corrected chi connectivity index (χ1v) is 4.71. The molecule has 2 fully saturated rings. The third-order valence-electron chi connectivity index (χ3n) is 3.04. The molecular weight excluding hydrogens is 138 g/mol. The summed E-state index contributed by atoms with van der Waals surface area (Å²) >= 11 is 0. The minimum atomic E-state index is -0.0591. The minimum Gasteiger partial charge on any atom is -0.392 e. The molecule has 2 nitrogen and oxygen atoms in total. The Balaban J connectivity index is 1.71. The van der Waals surface area contributed by atoms with Gasteiger partial charge in [0.05, 0.1) is 6.10 Å². The van der Waals surface area contributed by atoms with E-state index in [9.17, 15) is 5.11 Å². The van der Waals surface area contributed by atoms with E-state index >= 15 is 0 Å². The quantitative estimate of drug-likeness (QED) is 0.634. The average Bonchev–Trinajstić information content (AvgIpc) is 2.78. The molecule has 0 aromatic rings. The zero-order chi connectivity index (χ0) is 7.84. The Morgan fingerprint density at radius 2 is 2.00 bits per heavy atom. The zero-order valence-electron chi connectivity index (χ0n) is 7.09. The molecule has 2 saturated carbocycles. The highest BCUT2D eigenvalue weighted by atomic mass is 16.3. The number of hydrogen-bond acceptors (Lipinski definition) is 2. The van der Waals surface area contributed by atoms with Crippen LogP contribution in [0.5, 0.6) is 0 Å². The van der Waals surface area contributed by atoms with Crippen molar-refractivity contribution in [1.82, 2.24) is 5.32 Å². The van der Waals surface area contributed by atoms with Crippen LogP contribution in [0.25, 0.3) is 0 Å². The summed E-state index contributed by atoms with van der Waals surface area (Å²) in [7, 11) is 0. The Morgan fingerprint density at radius 1 is 1.27 bits per heavy atom. The fourth-order valence-corrected chi connectivity index (χ4v) is 1.75. The van der Waals surface area contributed by atoms with Crippen molar-refractivity contribution in [3.63, 3.8) is 0 Å². The second kappa shape index (κ2) is 2.76. The van der Waals surface area contributed by atoms with Crippen molar-refractivity contribution in [2.45, 2.75) is 50.8 Å². The molecule has 64 valence electrons. The van der Waals surface area contributed by atoms with Gasteiger partial charge in [0, 0.05) is 12.1 Å². The van der Waals surface area contributed by atoms with Crippen LogP contribution in [0, 0.1) is 5.92 Å². The highest BCUT2D eigenvalue weighted by Gasteiger charge is 2.34. The molecule has 2 aliphatic rings. The maximum Gasteiger partial charge on any atom is 0.0693 e. The molecule has 3 atom stereocenters. The van der Waals surface area contributed by atoms with Gasteiger partial charge < -0.3 is 10.4 Å². The van der Waals surface area contributed by atoms with Gasteiger partial charge in [-0.2, -0.15) is 0 Å². The summed E-state index contributed by atoms with van der Waals surface area (Å²) in [6.45, 7) is 2.24. The van der Waals surface area contributed by atoms with Gasteiger partial charge in [0.25, 0.3) is 0 Å². The lowest BCUT2D eigenvalue weighted by Gasteiger charge is -2.35. The summed E-state index contributed by atoms with van der Waals surface area (Å²) in [6.07, 6.45) is 4.87. The molecule has 0 bridgehead atoms. The van der Waals surface area contributed by atoms with Gasteiger partial charge in [-0.3, -0.25) is 0 Å². The Bertz CT molecular complexity index is 142. The second-order valence-electron chi connectivity index (χ2n) is 4.04. The van der Waals surface area contributed by atoms with Crippen LogP contribution in [0.15, 0.2) is 0 Å². The van der Waals surface area contributed by atoms with Gasteiger partial charge in [-0.25, -0.2) is 0 Å². The van der Waals surface area contributed by atoms with Gasteiger partial charge in [-0.15, -0.1) is 0 Å². The molecule has 0 aromatic carbocycles. The van der Waals surface area contributed by atoms with E-state index in [-0.39, 0.29) is 6.10 Å². The van der Waals surface area contributed by atoms with Crippen molar-refractivity contribution >= 4 is 0 Å². The third kappa shape index (κ3) is 1.57. The number of hydrogen-bond donors (Lipinski definition) is 2. The molecule has 0 aliphatic heterocycles. The fraction of sp³-hybridized carbons (Fsp3) is 1.00. The molecular formula is C9H17NO. The maximum absolute atomic E-state index is 9.30. The third-order valence-corrected chi connectivity index (χ3v) is 3.04. The summed E-state index contributed by atoms with van der Waals surface area (Å²) in [5.41, 5.74) is 0. The minimum absolute atomic E-state index is 0.0591. The van der Waals surface area contributed by atoms with Crippen LogP contribution in [0.1, 0.15) is 32.6 Å². The van der Waals surface area contributed by atoms with E-state index in [0.29, 0.717) is 12.1 Å². The Labute approximate surface area is 68.0 Å². The number of aliphatic hydroxyl groups is 1. The van der Waals surface area contributed by atoms with Gasteiger partial charge in [-0.1, -0.05) is 0 Å². The molecule has 0 radical (unpaired) electrons. The molecule has 0 saturated heterocycles. The molecule has 0 aromatic heterocycles. The Morgan fingerprint density at radius 3 is 2.36 bits per heavy atom. The zero-order valence-corrected chi connectivity index (χ0v) is 7.09. The predicted molar refractivity (Wildman–Crippen MR) is 44.4 cm³/mol. The largest absolute Gasteiger partial charge is 0.392 e. The van der Waals surface area contributed by atoms with Crippen LogP contribution in [0.3, 0.4) is 0 Å². The SMILES string of the molecule is CC(N[C@@H]1CC[C@H]1O)C1CC1. The molecule has 2 rings (SSSR count). The summed E-state index contributed by atoms with van der Waals surface area (Å²) < 4.78 is 0. The lowest BCUT2D eigenvalue weighted by Crippen LogP contribution is -2.51. The lowest BCUT2D eigenvalue weighted by atomic mass is 9.88. The van der Waals surface area contributed by atoms with Crippen molar-refractivity contribution in [3.8, 4) is 0 Å². The summed E-state index contributed by atoms with van der Waals surface area (Å²) in [6, 6.07) is 1.04. The Kier molecular flexibility index (Phi) is 1.90. The van der Waals surface area contributed by atoms with E-state index in [4.69, 9.17) is 0 Å². The molecule has 0 amide bonds. The number of aliphatic hydroxyl groups excluding tert-OH is 1.